The SMILES string of the molecule is CCn1c(C)cc(C(=O)COC(=O)c2ccc(Cl)cc2O)c1C. The van der Waals surface area contributed by atoms with E-state index in [4.69, 9.17) is 16.3 Å². The number of carbonyl (C=O) groups is 2. The topological polar surface area (TPSA) is 68.5 Å². The molecule has 0 saturated carbocycles. The molecule has 0 bridgehead atoms. The number of hydrogen-bond donors (Lipinski definition) is 1. The van der Waals surface area contributed by atoms with E-state index in [1.54, 1.807) is 6.07 Å². The Balaban J connectivity index is 2.08. The maximum absolute atomic E-state index is 12.2. The lowest BCUT2D eigenvalue weighted by Gasteiger charge is -2.07. The van der Waals surface area contributed by atoms with Crippen molar-refractivity contribution in [2.75, 3.05) is 6.61 Å². The zero-order chi connectivity index (χ0) is 17.1. The highest BCUT2D eigenvalue weighted by atomic mass is 35.5. The molecular weight excluding hydrogens is 318 g/mol. The number of benzene rings is 1. The zero-order valence-corrected chi connectivity index (χ0v) is 14.0. The number of halogens is 1. The fourth-order valence-electron chi connectivity index (χ4n) is 2.53. The van der Waals surface area contributed by atoms with Crippen molar-refractivity contribution in [2.24, 2.45) is 0 Å². The first-order valence-electron chi connectivity index (χ1n) is 7.20. The molecule has 0 radical (unpaired) electrons. The van der Waals surface area contributed by atoms with Gasteiger partial charge in [-0.15, -0.1) is 0 Å². The van der Waals surface area contributed by atoms with Crippen LogP contribution in [0, 0.1) is 13.8 Å². The van der Waals surface area contributed by atoms with Gasteiger partial charge in [0.15, 0.2) is 6.61 Å². The number of nitrogens with zero attached hydrogens (tertiary/aromatic N) is 1. The molecule has 0 unspecified atom stereocenters. The maximum atomic E-state index is 12.2. The van der Waals surface area contributed by atoms with E-state index < -0.39 is 5.97 Å². The van der Waals surface area contributed by atoms with Crippen LogP contribution in [0.5, 0.6) is 5.75 Å². The second-order valence-corrected chi connectivity index (χ2v) is 5.63. The number of hydrogen-bond acceptors (Lipinski definition) is 4. The highest BCUT2D eigenvalue weighted by Gasteiger charge is 2.18. The van der Waals surface area contributed by atoms with Gasteiger partial charge in [0, 0.05) is 28.5 Å². The van der Waals surface area contributed by atoms with E-state index in [1.807, 2.05) is 25.3 Å². The number of rotatable bonds is 5. The molecule has 0 saturated heterocycles. The molecule has 6 heteroatoms. The summed E-state index contributed by atoms with van der Waals surface area (Å²) in [4.78, 5) is 24.2. The molecule has 2 rings (SSSR count). The minimum Gasteiger partial charge on any atom is -0.507 e. The normalized spacial score (nSPS) is 10.6. The van der Waals surface area contributed by atoms with Crippen LogP contribution in [0.15, 0.2) is 24.3 Å². The van der Waals surface area contributed by atoms with Crippen LogP contribution in [-0.4, -0.2) is 28.0 Å². The van der Waals surface area contributed by atoms with Gasteiger partial charge in [-0.1, -0.05) is 11.6 Å². The van der Waals surface area contributed by atoms with Gasteiger partial charge in [0.2, 0.25) is 5.78 Å². The molecular formula is C17H18ClNO4. The van der Waals surface area contributed by atoms with E-state index in [-0.39, 0.29) is 23.7 Å². The van der Waals surface area contributed by atoms with Crippen molar-refractivity contribution in [1.29, 1.82) is 0 Å². The maximum Gasteiger partial charge on any atom is 0.342 e. The lowest BCUT2D eigenvalue weighted by molar-refractivity contribution is 0.0471. The molecule has 1 heterocycles. The Kier molecular flexibility index (Phi) is 5.11. The largest absolute Gasteiger partial charge is 0.507 e. The standard InChI is InChI=1S/C17H18ClNO4/c1-4-19-10(2)7-14(11(19)3)16(21)9-23-17(22)13-6-5-12(18)8-15(13)20/h5-8,20H,4,9H2,1-3H3. The third-order valence-electron chi connectivity index (χ3n) is 3.70. The van der Waals surface area contributed by atoms with E-state index in [0.717, 1.165) is 17.9 Å². The van der Waals surface area contributed by atoms with Crippen LogP contribution < -0.4 is 0 Å². The third-order valence-corrected chi connectivity index (χ3v) is 3.94. The van der Waals surface area contributed by atoms with Crippen molar-refractivity contribution in [1.82, 2.24) is 4.57 Å². The van der Waals surface area contributed by atoms with Crippen molar-refractivity contribution >= 4 is 23.4 Å². The predicted octanol–water partition coefficient (Wildman–Crippen LogP) is 3.52. The molecule has 0 aliphatic carbocycles. The van der Waals surface area contributed by atoms with Gasteiger partial charge in [0.05, 0.1) is 0 Å². The molecule has 5 nitrogen and oxygen atoms in total. The number of ether oxygens (including phenoxy) is 1. The number of esters is 1. The van der Waals surface area contributed by atoms with E-state index in [2.05, 4.69) is 0 Å². The zero-order valence-electron chi connectivity index (χ0n) is 13.2. The molecule has 0 atom stereocenters. The van der Waals surface area contributed by atoms with Gasteiger partial charge in [0.25, 0.3) is 0 Å². The first-order chi connectivity index (χ1) is 10.8. The summed E-state index contributed by atoms with van der Waals surface area (Å²) in [5.74, 6) is -1.32. The van der Waals surface area contributed by atoms with Crippen molar-refractivity contribution in [3.05, 3.63) is 51.8 Å². The van der Waals surface area contributed by atoms with Crippen molar-refractivity contribution in [2.45, 2.75) is 27.3 Å². The van der Waals surface area contributed by atoms with Gasteiger partial charge in [-0.25, -0.2) is 4.79 Å². The Morgan fingerprint density at radius 2 is 1.91 bits per heavy atom. The number of carbonyl (C=O) groups excluding carboxylic acids is 2. The Labute approximate surface area is 139 Å². The van der Waals surface area contributed by atoms with E-state index in [9.17, 15) is 14.7 Å². The molecule has 0 fully saturated rings. The Morgan fingerprint density at radius 1 is 1.22 bits per heavy atom. The molecule has 23 heavy (non-hydrogen) atoms. The quantitative estimate of drug-likeness (QED) is 0.670. The van der Waals surface area contributed by atoms with Crippen LogP contribution in [-0.2, 0) is 11.3 Å². The minimum atomic E-state index is -0.767. The second-order valence-electron chi connectivity index (χ2n) is 5.19. The van der Waals surface area contributed by atoms with E-state index >= 15 is 0 Å². The molecule has 0 aliphatic heterocycles. The number of aromatic nitrogens is 1. The Hall–Kier alpha value is -2.27. The third kappa shape index (κ3) is 3.56. The molecule has 0 spiro atoms. The van der Waals surface area contributed by atoms with E-state index in [1.165, 1.54) is 18.2 Å². The number of aryl methyl sites for hydroxylation is 1. The number of ketones is 1. The van der Waals surface area contributed by atoms with Gasteiger partial charge >= 0.3 is 5.97 Å². The summed E-state index contributed by atoms with van der Waals surface area (Å²) in [5.41, 5.74) is 2.34. The second kappa shape index (κ2) is 6.87. The molecule has 1 N–H and O–H groups in total. The lowest BCUT2D eigenvalue weighted by atomic mass is 10.1. The van der Waals surface area contributed by atoms with Gasteiger partial charge < -0.3 is 14.4 Å². The van der Waals surface area contributed by atoms with Gasteiger partial charge in [0.1, 0.15) is 11.3 Å². The summed E-state index contributed by atoms with van der Waals surface area (Å²) in [6.45, 7) is 6.16. The molecule has 122 valence electrons. The Morgan fingerprint density at radius 3 is 2.48 bits per heavy atom. The molecule has 0 amide bonds. The minimum absolute atomic E-state index is 0.0266. The van der Waals surface area contributed by atoms with Crippen LogP contribution in [0.2, 0.25) is 5.02 Å². The first kappa shape index (κ1) is 17.1. The fraction of sp³-hybridized carbons (Fsp3) is 0.294. The van der Waals surface area contributed by atoms with Crippen LogP contribution in [0.1, 0.15) is 39.0 Å². The summed E-state index contributed by atoms with van der Waals surface area (Å²) < 4.78 is 7.02. The van der Waals surface area contributed by atoms with Crippen molar-refractivity contribution < 1.29 is 19.4 Å². The lowest BCUT2D eigenvalue weighted by Crippen LogP contribution is -2.15. The summed E-state index contributed by atoms with van der Waals surface area (Å²) in [7, 11) is 0. The number of phenols is 1. The van der Waals surface area contributed by atoms with Crippen LogP contribution >= 0.6 is 11.6 Å². The Bertz CT molecular complexity index is 764. The van der Waals surface area contributed by atoms with Crippen LogP contribution in [0.3, 0.4) is 0 Å². The summed E-state index contributed by atoms with van der Waals surface area (Å²) in [5, 5.41) is 9.99. The predicted molar refractivity (Wildman–Crippen MR) is 87.3 cm³/mol. The van der Waals surface area contributed by atoms with Crippen molar-refractivity contribution in [3.8, 4) is 5.75 Å². The smallest absolute Gasteiger partial charge is 0.342 e. The average molecular weight is 336 g/mol. The highest BCUT2D eigenvalue weighted by molar-refractivity contribution is 6.30. The van der Waals surface area contributed by atoms with Crippen LogP contribution in [0.25, 0.3) is 0 Å². The first-order valence-corrected chi connectivity index (χ1v) is 7.58. The van der Waals surface area contributed by atoms with Crippen LogP contribution in [0.4, 0.5) is 0 Å². The highest BCUT2D eigenvalue weighted by Crippen LogP contribution is 2.23. The monoisotopic (exact) mass is 335 g/mol. The number of phenolic OH excluding ortho intramolecular Hbond substituents is 1. The fourth-order valence-corrected chi connectivity index (χ4v) is 2.70. The molecule has 0 aliphatic rings. The average Bonchev–Trinajstić information content (AvgIpc) is 2.78. The van der Waals surface area contributed by atoms with E-state index in [0.29, 0.717) is 10.6 Å². The van der Waals surface area contributed by atoms with Crippen molar-refractivity contribution in [3.63, 3.8) is 0 Å². The summed E-state index contributed by atoms with van der Waals surface area (Å²) >= 11 is 5.71. The van der Waals surface area contributed by atoms with Gasteiger partial charge in [-0.3, -0.25) is 4.79 Å². The molecule has 1 aromatic carbocycles. The molecule has 2 aromatic rings. The molecule has 1 aromatic heterocycles. The number of aromatic hydroxyl groups is 1. The van der Waals surface area contributed by atoms with Gasteiger partial charge in [-0.05, 0) is 45.0 Å². The summed E-state index contributed by atoms with van der Waals surface area (Å²) in [6.07, 6.45) is 0. The van der Waals surface area contributed by atoms with Gasteiger partial charge in [-0.2, -0.15) is 0 Å². The summed E-state index contributed by atoms with van der Waals surface area (Å²) in [6, 6.07) is 5.85. The number of Topliss-reactive ketones (excluding diaryl/α,β-unsaturated/α-hetero) is 1.